The lowest BCUT2D eigenvalue weighted by atomic mass is 9.84. The van der Waals surface area contributed by atoms with E-state index in [2.05, 4.69) is 18.7 Å². The van der Waals surface area contributed by atoms with Gasteiger partial charge in [0.15, 0.2) is 5.78 Å². The summed E-state index contributed by atoms with van der Waals surface area (Å²) in [6, 6.07) is 13.4. The second-order valence-corrected chi connectivity index (χ2v) is 7.21. The summed E-state index contributed by atoms with van der Waals surface area (Å²) < 4.78 is 10.9. The van der Waals surface area contributed by atoms with Crippen molar-refractivity contribution in [1.29, 1.82) is 0 Å². The molecule has 0 fully saturated rings. The molecule has 0 radical (unpaired) electrons. The van der Waals surface area contributed by atoms with Crippen LogP contribution in [0.1, 0.15) is 36.2 Å². The van der Waals surface area contributed by atoms with Crippen molar-refractivity contribution < 1.29 is 14.3 Å². The summed E-state index contributed by atoms with van der Waals surface area (Å²) >= 11 is 0. The van der Waals surface area contributed by atoms with Gasteiger partial charge in [0.25, 0.3) is 0 Å². The Bertz CT molecular complexity index is 894. The first-order chi connectivity index (χ1) is 14.1. The molecule has 1 aliphatic rings. The zero-order valence-electron chi connectivity index (χ0n) is 18.2. The van der Waals surface area contributed by atoms with E-state index in [0.717, 1.165) is 60.1 Å². The molecule has 162 valence electrons. The molecule has 0 bridgehead atoms. The monoisotopic (exact) mass is 430 g/mol. The summed E-state index contributed by atoms with van der Waals surface area (Å²) in [6.07, 6.45) is 1.32. The molecule has 30 heavy (non-hydrogen) atoms. The SMILES string of the molecule is CCN(CC)CCC1C(=O)c2ccccc2N=C1Cc1cc(OC)ccc1OC.Cl. The molecule has 0 amide bonds. The summed E-state index contributed by atoms with van der Waals surface area (Å²) in [7, 11) is 3.31. The van der Waals surface area contributed by atoms with Crippen LogP contribution in [0.2, 0.25) is 0 Å². The molecule has 2 aromatic carbocycles. The number of fused-ring (bicyclic) bond motifs is 1. The number of hydrogen-bond donors (Lipinski definition) is 0. The first kappa shape index (κ1) is 23.9. The van der Waals surface area contributed by atoms with Crippen LogP contribution in [-0.4, -0.2) is 50.2 Å². The van der Waals surface area contributed by atoms with Gasteiger partial charge >= 0.3 is 0 Å². The minimum atomic E-state index is -0.221. The van der Waals surface area contributed by atoms with Crippen LogP contribution >= 0.6 is 12.4 Å². The van der Waals surface area contributed by atoms with E-state index in [1.807, 2.05) is 42.5 Å². The van der Waals surface area contributed by atoms with Gasteiger partial charge in [0, 0.05) is 23.3 Å². The maximum Gasteiger partial charge on any atom is 0.173 e. The molecule has 0 aromatic heterocycles. The number of nitrogens with zero attached hydrogens (tertiary/aromatic N) is 2. The quantitative estimate of drug-likeness (QED) is 0.562. The summed E-state index contributed by atoms with van der Waals surface area (Å²) in [4.78, 5) is 20.6. The van der Waals surface area contributed by atoms with Crippen LogP contribution in [0, 0.1) is 5.92 Å². The number of Topliss-reactive ketones (excluding diaryl/α,β-unsaturated/α-hetero) is 1. The van der Waals surface area contributed by atoms with Crippen LogP contribution in [0.25, 0.3) is 0 Å². The molecule has 1 aliphatic heterocycles. The van der Waals surface area contributed by atoms with Crippen molar-refractivity contribution in [3.8, 4) is 11.5 Å². The fraction of sp³-hybridized carbons (Fsp3) is 0.417. The second kappa shape index (κ2) is 11.1. The van der Waals surface area contributed by atoms with Gasteiger partial charge in [-0.1, -0.05) is 26.0 Å². The van der Waals surface area contributed by atoms with Crippen molar-refractivity contribution in [2.24, 2.45) is 10.9 Å². The van der Waals surface area contributed by atoms with Crippen molar-refractivity contribution in [2.75, 3.05) is 33.9 Å². The van der Waals surface area contributed by atoms with E-state index < -0.39 is 0 Å². The Morgan fingerprint density at radius 3 is 2.43 bits per heavy atom. The molecule has 0 aliphatic carbocycles. The zero-order chi connectivity index (χ0) is 20.8. The number of ketones is 1. The van der Waals surface area contributed by atoms with E-state index in [9.17, 15) is 4.79 Å². The number of benzene rings is 2. The molecule has 0 saturated carbocycles. The summed E-state index contributed by atoms with van der Waals surface area (Å²) in [5.41, 5.74) is 3.35. The first-order valence-electron chi connectivity index (χ1n) is 10.2. The number of carbonyl (C=O) groups excluding carboxylic acids is 1. The van der Waals surface area contributed by atoms with Gasteiger partial charge in [0.05, 0.1) is 25.8 Å². The molecule has 1 heterocycles. The number of ether oxygens (including phenoxy) is 2. The summed E-state index contributed by atoms with van der Waals surface area (Å²) in [5.74, 6) is 1.49. The van der Waals surface area contributed by atoms with E-state index in [4.69, 9.17) is 14.5 Å². The van der Waals surface area contributed by atoms with Crippen molar-refractivity contribution >= 4 is 29.6 Å². The maximum absolute atomic E-state index is 13.3. The largest absolute Gasteiger partial charge is 0.497 e. The van der Waals surface area contributed by atoms with E-state index in [1.54, 1.807) is 14.2 Å². The van der Waals surface area contributed by atoms with Crippen LogP contribution in [0.4, 0.5) is 5.69 Å². The number of aliphatic imine (C=N–C) groups is 1. The van der Waals surface area contributed by atoms with Crippen LogP contribution < -0.4 is 9.47 Å². The van der Waals surface area contributed by atoms with E-state index in [0.29, 0.717) is 6.42 Å². The highest BCUT2D eigenvalue weighted by molar-refractivity contribution is 6.18. The standard InChI is InChI=1S/C24H30N2O3.ClH/c1-5-26(6-2)14-13-20-22(25-21-10-8-7-9-19(21)24(20)27)16-17-15-18(28-3)11-12-23(17)29-4;/h7-12,15,20H,5-6,13-14,16H2,1-4H3;1H. The Hall–Kier alpha value is -2.37. The number of carbonyl (C=O) groups is 1. The number of para-hydroxylation sites is 1. The van der Waals surface area contributed by atoms with Crippen LogP contribution in [0.15, 0.2) is 47.5 Å². The highest BCUT2D eigenvalue weighted by atomic mass is 35.5. The van der Waals surface area contributed by atoms with Crippen LogP contribution in [0.5, 0.6) is 11.5 Å². The van der Waals surface area contributed by atoms with Crippen molar-refractivity contribution in [2.45, 2.75) is 26.7 Å². The highest BCUT2D eigenvalue weighted by Gasteiger charge is 2.31. The summed E-state index contributed by atoms with van der Waals surface area (Å²) in [5, 5.41) is 0. The predicted molar refractivity (Wildman–Crippen MR) is 124 cm³/mol. The third-order valence-corrected chi connectivity index (χ3v) is 5.64. The number of methoxy groups -OCH3 is 2. The van der Waals surface area contributed by atoms with Crippen LogP contribution in [-0.2, 0) is 6.42 Å². The van der Waals surface area contributed by atoms with Crippen molar-refractivity contribution in [1.82, 2.24) is 4.90 Å². The van der Waals surface area contributed by atoms with Gasteiger partial charge < -0.3 is 14.4 Å². The van der Waals surface area contributed by atoms with Gasteiger partial charge in [-0.05, 0) is 56.4 Å². The number of rotatable bonds is 9. The normalized spacial score (nSPS) is 15.3. The Kier molecular flexibility index (Phi) is 8.88. The topological polar surface area (TPSA) is 51.1 Å². The minimum Gasteiger partial charge on any atom is -0.497 e. The lowest BCUT2D eigenvalue weighted by Crippen LogP contribution is -2.34. The van der Waals surface area contributed by atoms with Gasteiger partial charge in [-0.15, -0.1) is 12.4 Å². The van der Waals surface area contributed by atoms with E-state index >= 15 is 0 Å². The molecule has 0 spiro atoms. The molecule has 1 unspecified atom stereocenters. The lowest BCUT2D eigenvalue weighted by Gasteiger charge is -2.27. The van der Waals surface area contributed by atoms with Gasteiger partial charge in [-0.2, -0.15) is 0 Å². The van der Waals surface area contributed by atoms with Gasteiger partial charge in [0.1, 0.15) is 11.5 Å². The van der Waals surface area contributed by atoms with Crippen LogP contribution in [0.3, 0.4) is 0 Å². The molecule has 1 atom stereocenters. The Balaban J connectivity index is 0.00000320. The van der Waals surface area contributed by atoms with Gasteiger partial charge in [-0.25, -0.2) is 0 Å². The molecule has 6 heteroatoms. The average molecular weight is 431 g/mol. The summed E-state index contributed by atoms with van der Waals surface area (Å²) in [6.45, 7) is 7.13. The van der Waals surface area contributed by atoms with Gasteiger partial charge in [-0.3, -0.25) is 9.79 Å². The second-order valence-electron chi connectivity index (χ2n) is 7.21. The molecular weight excluding hydrogens is 400 g/mol. The van der Waals surface area contributed by atoms with Crippen molar-refractivity contribution in [3.63, 3.8) is 0 Å². The molecule has 0 saturated heterocycles. The Morgan fingerprint density at radius 1 is 1.03 bits per heavy atom. The molecule has 2 aromatic rings. The van der Waals surface area contributed by atoms with Gasteiger partial charge in [0.2, 0.25) is 0 Å². The van der Waals surface area contributed by atoms with Crippen molar-refractivity contribution in [3.05, 3.63) is 53.6 Å². The number of halogens is 1. The molecule has 5 nitrogen and oxygen atoms in total. The molecule has 0 N–H and O–H groups in total. The Morgan fingerprint density at radius 2 is 1.77 bits per heavy atom. The Labute approximate surface area is 185 Å². The maximum atomic E-state index is 13.3. The lowest BCUT2D eigenvalue weighted by molar-refractivity contribution is 0.0940. The minimum absolute atomic E-state index is 0. The molecular formula is C24H31ClN2O3. The third kappa shape index (κ3) is 5.21. The fourth-order valence-electron chi connectivity index (χ4n) is 3.88. The average Bonchev–Trinajstić information content (AvgIpc) is 2.76. The first-order valence-corrected chi connectivity index (χ1v) is 10.2. The fourth-order valence-corrected chi connectivity index (χ4v) is 3.88. The highest BCUT2D eigenvalue weighted by Crippen LogP contribution is 2.33. The van der Waals surface area contributed by atoms with E-state index in [-0.39, 0.29) is 24.1 Å². The molecule has 3 rings (SSSR count). The zero-order valence-corrected chi connectivity index (χ0v) is 19.0. The third-order valence-electron chi connectivity index (χ3n) is 5.64. The predicted octanol–water partition coefficient (Wildman–Crippen LogP) is 4.99. The number of hydrogen-bond acceptors (Lipinski definition) is 5. The van der Waals surface area contributed by atoms with E-state index in [1.165, 1.54) is 0 Å². The smallest absolute Gasteiger partial charge is 0.173 e.